The van der Waals surface area contributed by atoms with Crippen LogP contribution in [0.25, 0.3) is 0 Å². The lowest BCUT2D eigenvalue weighted by atomic mass is 10.0. The van der Waals surface area contributed by atoms with Crippen molar-refractivity contribution in [2.75, 3.05) is 26.2 Å². The van der Waals surface area contributed by atoms with Crippen LogP contribution in [0.4, 0.5) is 0 Å². The highest BCUT2D eigenvalue weighted by Gasteiger charge is 2.16. The van der Waals surface area contributed by atoms with Gasteiger partial charge < -0.3 is 15.3 Å². The Hall–Kier alpha value is -1.06. The first-order valence-corrected chi connectivity index (χ1v) is 7.93. The van der Waals surface area contributed by atoms with Crippen LogP contribution in [-0.4, -0.2) is 36.2 Å². The summed E-state index contributed by atoms with van der Waals surface area (Å²) in [7, 11) is 0. The maximum Gasteiger partial charge on any atom is 0.115 e. The van der Waals surface area contributed by atoms with Gasteiger partial charge in [0.25, 0.3) is 0 Å². The molecule has 3 heteroatoms. The van der Waals surface area contributed by atoms with Crippen molar-refractivity contribution in [1.29, 1.82) is 0 Å². The largest absolute Gasteiger partial charge is 0.508 e. The quantitative estimate of drug-likeness (QED) is 0.803. The topological polar surface area (TPSA) is 35.5 Å². The molecule has 3 nitrogen and oxygen atoms in total. The average Bonchev–Trinajstić information content (AvgIpc) is 2.94. The van der Waals surface area contributed by atoms with E-state index in [0.29, 0.717) is 17.7 Å². The lowest BCUT2D eigenvalue weighted by Crippen LogP contribution is -2.33. The van der Waals surface area contributed by atoms with Crippen LogP contribution in [0.1, 0.15) is 44.7 Å². The Bertz CT molecular complexity index is 384. The van der Waals surface area contributed by atoms with E-state index in [9.17, 15) is 5.11 Å². The summed E-state index contributed by atoms with van der Waals surface area (Å²) in [4.78, 5) is 2.58. The molecule has 1 aromatic carbocycles. The van der Waals surface area contributed by atoms with E-state index in [4.69, 9.17) is 0 Å². The van der Waals surface area contributed by atoms with Gasteiger partial charge in [0.05, 0.1) is 0 Å². The van der Waals surface area contributed by atoms with Crippen molar-refractivity contribution < 1.29 is 5.11 Å². The summed E-state index contributed by atoms with van der Waals surface area (Å²) in [6, 6.07) is 7.96. The van der Waals surface area contributed by atoms with Crippen molar-refractivity contribution in [1.82, 2.24) is 10.2 Å². The van der Waals surface area contributed by atoms with Crippen LogP contribution < -0.4 is 5.32 Å². The molecule has 0 amide bonds. The second-order valence-corrected chi connectivity index (χ2v) is 6.07. The van der Waals surface area contributed by atoms with Crippen LogP contribution in [0.2, 0.25) is 0 Å². The molecule has 1 aliphatic heterocycles. The highest BCUT2D eigenvalue weighted by Crippen LogP contribution is 2.20. The summed E-state index contributed by atoms with van der Waals surface area (Å²) in [6.45, 7) is 9.35. The van der Waals surface area contributed by atoms with Crippen LogP contribution in [0.15, 0.2) is 24.3 Å². The minimum Gasteiger partial charge on any atom is -0.508 e. The Balaban J connectivity index is 1.79. The van der Waals surface area contributed by atoms with Crippen molar-refractivity contribution in [3.05, 3.63) is 29.8 Å². The van der Waals surface area contributed by atoms with Gasteiger partial charge in [0.1, 0.15) is 5.75 Å². The van der Waals surface area contributed by atoms with E-state index in [1.54, 1.807) is 12.1 Å². The number of nitrogens with one attached hydrogen (secondary N) is 1. The van der Waals surface area contributed by atoms with Crippen molar-refractivity contribution in [3.8, 4) is 5.75 Å². The molecule has 1 aliphatic rings. The van der Waals surface area contributed by atoms with Gasteiger partial charge in [-0.05, 0) is 62.5 Å². The normalized spacial score (nSPS) is 19.1. The van der Waals surface area contributed by atoms with E-state index in [-0.39, 0.29) is 0 Å². The molecule has 2 unspecified atom stereocenters. The standard InChI is InChI=1S/C17H28N2O/c1-3-17(15-6-8-16(20)9-7-15)18-12-14(2)13-19-10-4-5-11-19/h6-9,14,17-18,20H,3-5,10-13H2,1-2H3. The Morgan fingerprint density at radius 3 is 2.45 bits per heavy atom. The molecule has 1 fully saturated rings. The lowest BCUT2D eigenvalue weighted by Gasteiger charge is -2.24. The Labute approximate surface area is 123 Å². The van der Waals surface area contributed by atoms with Gasteiger partial charge in [0.15, 0.2) is 0 Å². The number of phenols is 1. The van der Waals surface area contributed by atoms with Gasteiger partial charge >= 0.3 is 0 Å². The van der Waals surface area contributed by atoms with Crippen molar-refractivity contribution >= 4 is 0 Å². The molecular weight excluding hydrogens is 248 g/mol. The zero-order chi connectivity index (χ0) is 14.4. The number of benzene rings is 1. The Morgan fingerprint density at radius 2 is 1.85 bits per heavy atom. The number of hydrogen-bond acceptors (Lipinski definition) is 3. The van der Waals surface area contributed by atoms with Crippen molar-refractivity contribution in [2.24, 2.45) is 5.92 Å². The van der Waals surface area contributed by atoms with Crippen LogP contribution in [0, 0.1) is 5.92 Å². The fourth-order valence-electron chi connectivity index (χ4n) is 3.02. The molecule has 0 aliphatic carbocycles. The minimum atomic E-state index is 0.339. The van der Waals surface area contributed by atoms with Gasteiger partial charge in [-0.3, -0.25) is 0 Å². The third-order valence-corrected chi connectivity index (χ3v) is 4.18. The summed E-state index contributed by atoms with van der Waals surface area (Å²) in [6.07, 6.45) is 3.80. The number of nitrogens with zero attached hydrogens (tertiary/aromatic N) is 1. The third-order valence-electron chi connectivity index (χ3n) is 4.18. The molecule has 0 saturated carbocycles. The fraction of sp³-hybridized carbons (Fsp3) is 0.647. The van der Waals surface area contributed by atoms with Crippen molar-refractivity contribution in [2.45, 2.75) is 39.2 Å². The molecule has 2 N–H and O–H groups in total. The summed E-state index contributed by atoms with van der Waals surface area (Å²) in [5.41, 5.74) is 1.26. The molecule has 112 valence electrons. The predicted octanol–water partition coefficient (Wildman–Crippen LogP) is 3.16. The second kappa shape index (κ2) is 7.65. The SMILES string of the molecule is CCC(NCC(C)CN1CCCC1)c1ccc(O)cc1. The number of phenolic OH excluding ortho intramolecular Hbond substituents is 1. The molecular formula is C17H28N2O. The Morgan fingerprint density at radius 1 is 1.20 bits per heavy atom. The van der Waals surface area contributed by atoms with E-state index in [1.807, 2.05) is 12.1 Å². The molecule has 2 atom stereocenters. The molecule has 0 spiro atoms. The average molecular weight is 276 g/mol. The maximum atomic E-state index is 9.36. The lowest BCUT2D eigenvalue weighted by molar-refractivity contribution is 0.277. The van der Waals surface area contributed by atoms with Crippen LogP contribution >= 0.6 is 0 Å². The van der Waals surface area contributed by atoms with Crippen molar-refractivity contribution in [3.63, 3.8) is 0 Å². The van der Waals surface area contributed by atoms with Gasteiger partial charge in [0.2, 0.25) is 0 Å². The highest BCUT2D eigenvalue weighted by atomic mass is 16.3. The number of aromatic hydroxyl groups is 1. The van der Waals surface area contributed by atoms with Crippen LogP contribution in [-0.2, 0) is 0 Å². The predicted molar refractivity (Wildman–Crippen MR) is 84.0 cm³/mol. The van der Waals surface area contributed by atoms with Crippen LogP contribution in [0.3, 0.4) is 0 Å². The molecule has 1 aromatic rings. The van der Waals surface area contributed by atoms with E-state index in [2.05, 4.69) is 24.1 Å². The highest BCUT2D eigenvalue weighted by molar-refractivity contribution is 5.27. The third kappa shape index (κ3) is 4.50. The zero-order valence-corrected chi connectivity index (χ0v) is 12.8. The Kier molecular flexibility index (Phi) is 5.86. The first-order valence-electron chi connectivity index (χ1n) is 7.93. The van der Waals surface area contributed by atoms with Gasteiger partial charge in [-0.15, -0.1) is 0 Å². The second-order valence-electron chi connectivity index (χ2n) is 6.07. The summed E-state index contributed by atoms with van der Waals surface area (Å²) < 4.78 is 0. The summed E-state index contributed by atoms with van der Waals surface area (Å²) in [5, 5.41) is 13.0. The van der Waals surface area contributed by atoms with Gasteiger partial charge in [0, 0.05) is 12.6 Å². The zero-order valence-electron chi connectivity index (χ0n) is 12.8. The van der Waals surface area contributed by atoms with Gasteiger partial charge in [-0.25, -0.2) is 0 Å². The van der Waals surface area contributed by atoms with E-state index in [0.717, 1.165) is 13.0 Å². The monoisotopic (exact) mass is 276 g/mol. The molecule has 2 rings (SSSR count). The first kappa shape index (κ1) is 15.3. The molecule has 20 heavy (non-hydrogen) atoms. The first-order chi connectivity index (χ1) is 9.69. The molecule has 0 bridgehead atoms. The summed E-state index contributed by atoms with van der Waals surface area (Å²) >= 11 is 0. The number of likely N-dealkylation sites (tertiary alicyclic amines) is 1. The van der Waals surface area contributed by atoms with Gasteiger partial charge in [-0.2, -0.15) is 0 Å². The smallest absolute Gasteiger partial charge is 0.115 e. The minimum absolute atomic E-state index is 0.339. The van der Waals surface area contributed by atoms with Gasteiger partial charge in [-0.1, -0.05) is 26.0 Å². The molecule has 0 aromatic heterocycles. The number of hydrogen-bond donors (Lipinski definition) is 2. The van der Waals surface area contributed by atoms with E-state index >= 15 is 0 Å². The number of rotatable bonds is 7. The fourth-order valence-corrected chi connectivity index (χ4v) is 3.02. The molecule has 1 heterocycles. The molecule has 1 saturated heterocycles. The maximum absolute atomic E-state index is 9.36. The molecule has 0 radical (unpaired) electrons. The van der Waals surface area contributed by atoms with E-state index in [1.165, 1.54) is 38.0 Å². The summed E-state index contributed by atoms with van der Waals surface area (Å²) in [5.74, 6) is 1.02. The van der Waals surface area contributed by atoms with E-state index < -0.39 is 0 Å². The van der Waals surface area contributed by atoms with Crippen LogP contribution in [0.5, 0.6) is 5.75 Å².